The number of benzene rings is 2. The van der Waals surface area contributed by atoms with Crippen molar-refractivity contribution in [2.45, 2.75) is 13.8 Å². The molecular weight excluding hydrogens is 368 g/mol. The zero-order chi connectivity index (χ0) is 20.8. The lowest BCUT2D eigenvalue weighted by Crippen LogP contribution is -2.27. The topological polar surface area (TPSA) is 94.8 Å². The minimum absolute atomic E-state index is 0.151. The zero-order valence-corrected chi connectivity index (χ0v) is 16.1. The molecule has 2 amide bonds. The summed E-state index contributed by atoms with van der Waals surface area (Å²) in [5.41, 5.74) is 1.51. The van der Waals surface area contributed by atoms with Gasteiger partial charge in [0.25, 0.3) is 11.8 Å². The number of hydrazone groups is 1. The predicted molar refractivity (Wildman–Crippen MR) is 110 cm³/mol. The first-order valence-corrected chi connectivity index (χ1v) is 9.13. The maximum Gasteiger partial charge on any atom is 0.266 e. The molecule has 0 aliphatic carbocycles. The second-order valence-corrected chi connectivity index (χ2v) is 6.31. The number of nitriles is 1. The lowest BCUT2D eigenvalue weighted by atomic mass is 10.0. The molecule has 0 saturated carbocycles. The molecule has 0 aromatic heterocycles. The van der Waals surface area contributed by atoms with Gasteiger partial charge in [-0.05, 0) is 56.3 Å². The molecule has 1 aliphatic heterocycles. The number of nitrogens with zero attached hydrogens (tertiary/aromatic N) is 3. The number of carbonyl (C=O) groups is 2. The van der Waals surface area contributed by atoms with Crippen LogP contribution in [-0.2, 0) is 9.59 Å². The van der Waals surface area contributed by atoms with Gasteiger partial charge in [0.15, 0.2) is 0 Å². The lowest BCUT2D eigenvalue weighted by molar-refractivity contribution is -0.118. The van der Waals surface area contributed by atoms with E-state index in [-0.39, 0.29) is 11.5 Å². The van der Waals surface area contributed by atoms with Crippen molar-refractivity contribution in [2.24, 2.45) is 11.0 Å². The van der Waals surface area contributed by atoms with E-state index in [9.17, 15) is 14.9 Å². The summed E-state index contributed by atoms with van der Waals surface area (Å²) >= 11 is 0. The van der Waals surface area contributed by atoms with Crippen LogP contribution in [0.2, 0.25) is 0 Å². The van der Waals surface area contributed by atoms with E-state index in [4.69, 9.17) is 4.74 Å². The van der Waals surface area contributed by atoms with Crippen molar-refractivity contribution in [1.29, 1.82) is 5.26 Å². The van der Waals surface area contributed by atoms with Crippen LogP contribution in [0, 0.1) is 17.2 Å². The highest BCUT2D eigenvalue weighted by Gasteiger charge is 2.33. The number of hydrogen-bond acceptors (Lipinski definition) is 5. The number of rotatable bonds is 6. The summed E-state index contributed by atoms with van der Waals surface area (Å²) in [5, 5.41) is 17.7. The third-order valence-corrected chi connectivity index (χ3v) is 4.30. The molecule has 2 aromatic rings. The molecule has 3 rings (SSSR count). The van der Waals surface area contributed by atoms with Gasteiger partial charge in [0.1, 0.15) is 17.4 Å². The molecule has 1 atom stereocenters. The summed E-state index contributed by atoms with van der Waals surface area (Å²) in [6.45, 7) is 4.12. The largest absolute Gasteiger partial charge is 0.494 e. The highest BCUT2D eigenvalue weighted by molar-refractivity contribution is 6.17. The molecule has 0 radical (unpaired) electrons. The molecule has 0 fully saturated rings. The average molecular weight is 388 g/mol. The highest BCUT2D eigenvalue weighted by Crippen LogP contribution is 2.25. The monoisotopic (exact) mass is 388 g/mol. The normalized spacial score (nSPS) is 16.2. The van der Waals surface area contributed by atoms with Crippen LogP contribution in [0.3, 0.4) is 0 Å². The molecule has 0 unspecified atom stereocenters. The number of nitrogens with one attached hydrogen (secondary N) is 1. The Morgan fingerprint density at radius 1 is 1.24 bits per heavy atom. The molecule has 1 heterocycles. The summed E-state index contributed by atoms with van der Waals surface area (Å²) in [4.78, 5) is 25.3. The summed E-state index contributed by atoms with van der Waals surface area (Å²) in [6.07, 6.45) is 1.36. The maximum atomic E-state index is 12.8. The van der Waals surface area contributed by atoms with Crippen LogP contribution in [0.25, 0.3) is 0 Å². The van der Waals surface area contributed by atoms with Crippen LogP contribution >= 0.6 is 0 Å². The quantitative estimate of drug-likeness (QED) is 0.605. The van der Waals surface area contributed by atoms with Crippen molar-refractivity contribution in [3.63, 3.8) is 0 Å². The molecule has 146 valence electrons. The van der Waals surface area contributed by atoms with E-state index >= 15 is 0 Å². The Balaban J connectivity index is 1.75. The fourth-order valence-corrected chi connectivity index (χ4v) is 2.86. The minimum atomic E-state index is -0.768. The third kappa shape index (κ3) is 4.50. The number of carbonyl (C=O) groups excluding carboxylic acids is 2. The van der Waals surface area contributed by atoms with Crippen LogP contribution in [-0.4, -0.2) is 24.1 Å². The van der Waals surface area contributed by atoms with E-state index < -0.39 is 11.8 Å². The Morgan fingerprint density at radius 2 is 1.93 bits per heavy atom. The van der Waals surface area contributed by atoms with Gasteiger partial charge in [-0.3, -0.25) is 9.59 Å². The van der Waals surface area contributed by atoms with E-state index in [1.807, 2.05) is 31.2 Å². The van der Waals surface area contributed by atoms with Crippen LogP contribution in [0.1, 0.15) is 13.8 Å². The van der Waals surface area contributed by atoms with Gasteiger partial charge in [-0.1, -0.05) is 18.2 Å². The molecule has 0 bridgehead atoms. The van der Waals surface area contributed by atoms with Crippen LogP contribution in [0.4, 0.5) is 11.4 Å². The first-order valence-electron chi connectivity index (χ1n) is 9.13. The lowest BCUT2D eigenvalue weighted by Gasteiger charge is -2.13. The average Bonchev–Trinajstić information content (AvgIpc) is 3.02. The van der Waals surface area contributed by atoms with E-state index in [0.717, 1.165) is 0 Å². The summed E-state index contributed by atoms with van der Waals surface area (Å²) in [5.74, 6) is -0.979. The molecule has 0 spiro atoms. The number of ether oxygens (including phenoxy) is 1. The Bertz CT molecular complexity index is 1000. The first-order chi connectivity index (χ1) is 14.0. The van der Waals surface area contributed by atoms with Crippen LogP contribution in [0.5, 0.6) is 5.75 Å². The Hall–Kier alpha value is -3.92. The smallest absolute Gasteiger partial charge is 0.266 e. The van der Waals surface area contributed by atoms with Crippen LogP contribution < -0.4 is 15.1 Å². The first kappa shape index (κ1) is 19.8. The second-order valence-electron chi connectivity index (χ2n) is 6.31. The fourth-order valence-electron chi connectivity index (χ4n) is 2.86. The summed E-state index contributed by atoms with van der Waals surface area (Å²) in [6, 6.07) is 17.7. The van der Waals surface area contributed by atoms with Crippen molar-refractivity contribution < 1.29 is 14.3 Å². The molecule has 7 nitrogen and oxygen atoms in total. The van der Waals surface area contributed by atoms with Crippen molar-refractivity contribution in [2.75, 3.05) is 16.9 Å². The van der Waals surface area contributed by atoms with Crippen molar-refractivity contribution in [3.8, 4) is 11.8 Å². The summed E-state index contributed by atoms with van der Waals surface area (Å²) < 4.78 is 5.36. The van der Waals surface area contributed by atoms with Crippen LogP contribution in [0.15, 0.2) is 71.3 Å². The molecule has 7 heteroatoms. The highest BCUT2D eigenvalue weighted by atomic mass is 16.5. The maximum absolute atomic E-state index is 12.8. The van der Waals surface area contributed by atoms with Crippen molar-refractivity contribution in [1.82, 2.24) is 0 Å². The molecule has 1 N–H and O–H groups in total. The van der Waals surface area contributed by atoms with Gasteiger partial charge in [-0.15, -0.1) is 0 Å². The number of hydrogen-bond donors (Lipinski definition) is 1. The van der Waals surface area contributed by atoms with Gasteiger partial charge < -0.3 is 10.1 Å². The van der Waals surface area contributed by atoms with Gasteiger partial charge in [-0.2, -0.15) is 15.4 Å². The van der Waals surface area contributed by atoms with E-state index in [2.05, 4.69) is 10.4 Å². The van der Waals surface area contributed by atoms with Gasteiger partial charge >= 0.3 is 0 Å². The summed E-state index contributed by atoms with van der Waals surface area (Å²) in [7, 11) is 0. The zero-order valence-electron chi connectivity index (χ0n) is 16.1. The molecule has 1 aliphatic rings. The van der Waals surface area contributed by atoms with E-state index in [1.165, 1.54) is 11.1 Å². The third-order valence-electron chi connectivity index (χ3n) is 4.30. The predicted octanol–water partition coefficient (Wildman–Crippen LogP) is 3.51. The number of para-hydroxylation sites is 1. The minimum Gasteiger partial charge on any atom is -0.494 e. The van der Waals surface area contributed by atoms with Gasteiger partial charge in [0.05, 0.1) is 23.9 Å². The van der Waals surface area contributed by atoms with Gasteiger partial charge in [0.2, 0.25) is 0 Å². The Kier molecular flexibility index (Phi) is 6.05. The number of amides is 2. The molecule has 0 saturated heterocycles. The standard InChI is InChI=1S/C22H20N4O3/c1-3-29-19-11-9-17(10-12-19)24-21(27)16(14-23)13-20-15(2)25-26(22(20)28)18-7-5-4-6-8-18/h4-13,20H,3H2,1-2H3,(H,24,27)/b16-13-/t20-/m1/s1. The van der Waals surface area contributed by atoms with E-state index in [0.29, 0.717) is 29.4 Å². The van der Waals surface area contributed by atoms with Crippen molar-refractivity contribution in [3.05, 3.63) is 66.2 Å². The van der Waals surface area contributed by atoms with Gasteiger partial charge in [-0.25, -0.2) is 0 Å². The molecule has 29 heavy (non-hydrogen) atoms. The fraction of sp³-hybridized carbons (Fsp3) is 0.182. The van der Waals surface area contributed by atoms with Crippen molar-refractivity contribution >= 4 is 28.9 Å². The SMILES string of the molecule is CCOc1ccc(NC(=O)/C(C#N)=C\[C@H]2C(=O)N(c3ccccc3)N=C2C)cc1. The molecular formula is C22H20N4O3. The van der Waals surface area contributed by atoms with Gasteiger partial charge in [0, 0.05) is 5.69 Å². The Morgan fingerprint density at radius 3 is 2.55 bits per heavy atom. The second kappa shape index (κ2) is 8.85. The number of anilines is 2. The Labute approximate surface area is 168 Å². The van der Waals surface area contributed by atoms with E-state index in [1.54, 1.807) is 43.3 Å². The molecule has 2 aromatic carbocycles.